The number of phenolic OH excluding ortho intramolecular Hbond substituents is 2. The molecule has 0 amide bonds. The van der Waals surface area contributed by atoms with Crippen molar-refractivity contribution in [3.8, 4) is 28.6 Å². The normalized spacial score (nSPS) is 11.5. The van der Waals surface area contributed by atoms with Crippen LogP contribution in [0.1, 0.15) is 0 Å². The van der Waals surface area contributed by atoms with Gasteiger partial charge in [0.1, 0.15) is 34.0 Å². The van der Waals surface area contributed by atoms with Crippen LogP contribution in [0.5, 0.6) is 17.2 Å². The third-order valence-electron chi connectivity index (χ3n) is 3.11. The molecule has 3 aromatic rings. The van der Waals surface area contributed by atoms with Gasteiger partial charge in [-0.2, -0.15) is 8.42 Å². The van der Waals surface area contributed by atoms with Crippen molar-refractivity contribution in [1.29, 1.82) is 0 Å². The summed E-state index contributed by atoms with van der Waals surface area (Å²) in [5.41, 5.74) is -0.307. The molecule has 0 aliphatic carbocycles. The van der Waals surface area contributed by atoms with Gasteiger partial charge >= 0.3 is 10.4 Å². The molecule has 24 heavy (non-hydrogen) atoms. The molecule has 8 nitrogen and oxygen atoms in total. The van der Waals surface area contributed by atoms with Gasteiger partial charge in [0.15, 0.2) is 5.43 Å². The predicted molar refractivity (Wildman–Crippen MR) is 83.4 cm³/mol. The van der Waals surface area contributed by atoms with Gasteiger partial charge in [0.2, 0.25) is 0 Å². The molecule has 0 aliphatic rings. The zero-order valence-corrected chi connectivity index (χ0v) is 12.6. The zero-order chi connectivity index (χ0) is 17.5. The molecule has 0 atom stereocenters. The largest absolute Gasteiger partial charge is 0.508 e. The summed E-state index contributed by atoms with van der Waals surface area (Å²) in [7, 11) is -4.69. The third kappa shape index (κ3) is 3.16. The lowest BCUT2D eigenvalue weighted by molar-refractivity contribution is 0.387. The minimum Gasteiger partial charge on any atom is -0.508 e. The second kappa shape index (κ2) is 5.55. The number of fused-ring (bicyclic) bond motifs is 1. The number of benzene rings is 2. The molecule has 3 N–H and O–H groups in total. The SMILES string of the molecule is O=c1cc(-c2cccc(OS(=O)(=O)O)c2)oc2cc(O)cc(O)c12. The molecule has 0 radical (unpaired) electrons. The van der Waals surface area contributed by atoms with Crippen LogP contribution in [-0.2, 0) is 10.4 Å². The summed E-state index contributed by atoms with van der Waals surface area (Å²) in [5.74, 6) is -0.840. The smallest absolute Gasteiger partial charge is 0.446 e. The van der Waals surface area contributed by atoms with Gasteiger partial charge < -0.3 is 18.8 Å². The maximum absolute atomic E-state index is 12.1. The molecule has 0 spiro atoms. The van der Waals surface area contributed by atoms with E-state index in [4.69, 9.17) is 8.97 Å². The summed E-state index contributed by atoms with van der Waals surface area (Å²) in [5, 5.41) is 19.1. The standard InChI is InChI=1S/C15H10O8S/c16-9-5-11(17)15-12(18)7-13(22-14(15)6-9)8-2-1-3-10(4-8)23-24(19,20)21/h1-7,16-17H,(H,19,20,21). The fourth-order valence-corrected chi connectivity index (χ4v) is 2.57. The fraction of sp³-hybridized carbons (Fsp3) is 0. The highest BCUT2D eigenvalue weighted by atomic mass is 32.3. The van der Waals surface area contributed by atoms with Gasteiger partial charge in [0, 0.05) is 23.8 Å². The Balaban J connectivity index is 2.17. The molecule has 0 saturated carbocycles. The Bertz CT molecular complexity index is 1100. The van der Waals surface area contributed by atoms with Crippen molar-refractivity contribution >= 4 is 21.4 Å². The molecular formula is C15H10O8S. The van der Waals surface area contributed by atoms with Gasteiger partial charge in [0.05, 0.1) is 0 Å². The van der Waals surface area contributed by atoms with Gasteiger partial charge in [-0.05, 0) is 12.1 Å². The highest BCUT2D eigenvalue weighted by molar-refractivity contribution is 7.81. The number of hydrogen-bond donors (Lipinski definition) is 3. The van der Waals surface area contributed by atoms with Crippen molar-refractivity contribution < 1.29 is 31.8 Å². The fourth-order valence-electron chi connectivity index (χ4n) is 2.22. The maximum Gasteiger partial charge on any atom is 0.446 e. The molecule has 0 aliphatic heterocycles. The van der Waals surface area contributed by atoms with E-state index in [9.17, 15) is 23.4 Å². The molecule has 0 unspecified atom stereocenters. The first-order valence-corrected chi connectivity index (χ1v) is 7.86. The average Bonchev–Trinajstić information content (AvgIpc) is 2.44. The molecule has 3 rings (SSSR count). The van der Waals surface area contributed by atoms with Crippen molar-refractivity contribution in [3.63, 3.8) is 0 Å². The van der Waals surface area contributed by atoms with E-state index in [-0.39, 0.29) is 33.8 Å². The molecule has 0 bridgehead atoms. The maximum atomic E-state index is 12.1. The van der Waals surface area contributed by atoms with Crippen molar-refractivity contribution in [2.75, 3.05) is 0 Å². The Morgan fingerprint density at radius 1 is 1.04 bits per heavy atom. The highest BCUT2D eigenvalue weighted by Gasteiger charge is 2.13. The van der Waals surface area contributed by atoms with Crippen LogP contribution in [0.3, 0.4) is 0 Å². The Morgan fingerprint density at radius 2 is 1.79 bits per heavy atom. The molecule has 9 heteroatoms. The topological polar surface area (TPSA) is 134 Å². The lowest BCUT2D eigenvalue weighted by Gasteiger charge is -2.07. The van der Waals surface area contributed by atoms with Crippen LogP contribution in [0.4, 0.5) is 0 Å². The Morgan fingerprint density at radius 3 is 2.50 bits per heavy atom. The van der Waals surface area contributed by atoms with Gasteiger partial charge in [0.25, 0.3) is 0 Å². The number of hydrogen-bond acceptors (Lipinski definition) is 7. The third-order valence-corrected chi connectivity index (χ3v) is 3.52. The van der Waals surface area contributed by atoms with Crippen LogP contribution in [0.25, 0.3) is 22.3 Å². The summed E-state index contributed by atoms with van der Waals surface area (Å²) in [6, 6.07) is 8.75. The monoisotopic (exact) mass is 350 g/mol. The van der Waals surface area contributed by atoms with Crippen LogP contribution >= 0.6 is 0 Å². The molecule has 1 aromatic heterocycles. The van der Waals surface area contributed by atoms with Crippen molar-refractivity contribution in [3.05, 3.63) is 52.7 Å². The van der Waals surface area contributed by atoms with E-state index in [0.717, 1.165) is 12.1 Å². The van der Waals surface area contributed by atoms with E-state index in [1.54, 1.807) is 0 Å². The van der Waals surface area contributed by atoms with Crippen LogP contribution in [-0.4, -0.2) is 23.2 Å². The molecule has 2 aromatic carbocycles. The van der Waals surface area contributed by atoms with Gasteiger partial charge in [-0.15, -0.1) is 0 Å². The minimum atomic E-state index is -4.69. The van der Waals surface area contributed by atoms with Crippen LogP contribution in [0, 0.1) is 0 Å². The summed E-state index contributed by atoms with van der Waals surface area (Å²) < 4.78 is 40.0. The van der Waals surface area contributed by atoms with E-state index in [2.05, 4.69) is 4.18 Å². The van der Waals surface area contributed by atoms with E-state index in [0.29, 0.717) is 0 Å². The summed E-state index contributed by atoms with van der Waals surface area (Å²) in [6.07, 6.45) is 0. The highest BCUT2D eigenvalue weighted by Crippen LogP contribution is 2.31. The van der Waals surface area contributed by atoms with Crippen molar-refractivity contribution in [2.24, 2.45) is 0 Å². The van der Waals surface area contributed by atoms with E-state index >= 15 is 0 Å². The Hall–Kier alpha value is -3.04. The Labute approximate surface area is 135 Å². The molecular weight excluding hydrogens is 340 g/mol. The first kappa shape index (κ1) is 15.8. The van der Waals surface area contributed by atoms with Crippen molar-refractivity contribution in [1.82, 2.24) is 0 Å². The summed E-state index contributed by atoms with van der Waals surface area (Å²) in [4.78, 5) is 12.1. The summed E-state index contributed by atoms with van der Waals surface area (Å²) in [6.45, 7) is 0. The Kier molecular flexibility index (Phi) is 3.66. The molecule has 0 fully saturated rings. The van der Waals surface area contributed by atoms with E-state index in [1.165, 1.54) is 30.3 Å². The number of aromatic hydroxyl groups is 2. The van der Waals surface area contributed by atoms with Crippen LogP contribution < -0.4 is 9.61 Å². The average molecular weight is 350 g/mol. The second-order valence-electron chi connectivity index (χ2n) is 4.85. The second-order valence-corrected chi connectivity index (χ2v) is 5.87. The zero-order valence-electron chi connectivity index (χ0n) is 11.8. The van der Waals surface area contributed by atoms with Gasteiger partial charge in [-0.25, -0.2) is 0 Å². The molecule has 124 valence electrons. The van der Waals surface area contributed by atoms with E-state index < -0.39 is 21.6 Å². The predicted octanol–water partition coefficient (Wildman–Crippen LogP) is 2.05. The van der Waals surface area contributed by atoms with E-state index in [1.807, 2.05) is 0 Å². The number of phenols is 2. The lowest BCUT2D eigenvalue weighted by atomic mass is 10.1. The van der Waals surface area contributed by atoms with Crippen LogP contribution in [0.15, 0.2) is 51.7 Å². The first-order chi connectivity index (χ1) is 11.2. The molecule has 0 saturated heterocycles. The van der Waals surface area contributed by atoms with Crippen molar-refractivity contribution in [2.45, 2.75) is 0 Å². The number of rotatable bonds is 3. The molecule has 1 heterocycles. The van der Waals surface area contributed by atoms with Crippen LogP contribution in [0.2, 0.25) is 0 Å². The summed E-state index contributed by atoms with van der Waals surface area (Å²) >= 11 is 0. The van der Waals surface area contributed by atoms with Gasteiger partial charge in [-0.1, -0.05) is 12.1 Å². The lowest BCUT2D eigenvalue weighted by Crippen LogP contribution is -2.06. The minimum absolute atomic E-state index is 0.0453. The first-order valence-electron chi connectivity index (χ1n) is 6.50. The quantitative estimate of drug-likeness (QED) is 0.611. The van der Waals surface area contributed by atoms with Gasteiger partial charge in [-0.3, -0.25) is 9.35 Å².